The molecule has 110 valence electrons. The van der Waals surface area contributed by atoms with Crippen molar-refractivity contribution >= 4 is 12.0 Å². The molecule has 6 heteroatoms. The molecule has 2 N–H and O–H groups in total. The maximum Gasteiger partial charge on any atom is 0.326 e. The van der Waals surface area contributed by atoms with E-state index in [9.17, 15) is 9.59 Å². The van der Waals surface area contributed by atoms with Gasteiger partial charge in [-0.05, 0) is 32.4 Å². The Morgan fingerprint density at radius 1 is 1.42 bits per heavy atom. The van der Waals surface area contributed by atoms with Gasteiger partial charge in [0.25, 0.3) is 0 Å². The zero-order valence-corrected chi connectivity index (χ0v) is 12.2. The molecule has 19 heavy (non-hydrogen) atoms. The molecule has 0 aromatic carbocycles. The van der Waals surface area contributed by atoms with E-state index in [0.717, 1.165) is 25.9 Å². The van der Waals surface area contributed by atoms with Crippen LogP contribution < -0.4 is 5.32 Å². The maximum atomic E-state index is 12.1. The first kappa shape index (κ1) is 15.8. The topological polar surface area (TPSA) is 72.9 Å². The fourth-order valence-electron chi connectivity index (χ4n) is 2.37. The monoisotopic (exact) mass is 271 g/mol. The Kier molecular flexibility index (Phi) is 5.60. The van der Waals surface area contributed by atoms with Crippen LogP contribution in [0.2, 0.25) is 0 Å². The molecule has 1 aliphatic rings. The van der Waals surface area contributed by atoms with Crippen LogP contribution in [0.1, 0.15) is 26.7 Å². The van der Waals surface area contributed by atoms with Gasteiger partial charge in [-0.2, -0.15) is 0 Å². The van der Waals surface area contributed by atoms with Crippen molar-refractivity contribution in [2.75, 3.05) is 27.2 Å². The molecule has 1 aliphatic heterocycles. The highest BCUT2D eigenvalue weighted by molar-refractivity contribution is 5.82. The van der Waals surface area contributed by atoms with Crippen LogP contribution in [-0.2, 0) is 4.79 Å². The number of carboxylic acid groups (broad SMARTS) is 1. The summed E-state index contributed by atoms with van der Waals surface area (Å²) in [6.07, 6.45) is 2.03. The summed E-state index contributed by atoms with van der Waals surface area (Å²) < 4.78 is 0. The number of carboxylic acids is 1. The number of carbonyl (C=O) groups is 2. The molecule has 0 aromatic rings. The first-order valence-electron chi connectivity index (χ1n) is 6.77. The highest BCUT2D eigenvalue weighted by Crippen LogP contribution is 2.14. The number of hydrogen-bond acceptors (Lipinski definition) is 3. The molecule has 6 nitrogen and oxygen atoms in total. The van der Waals surface area contributed by atoms with Gasteiger partial charge in [0.1, 0.15) is 6.04 Å². The second-order valence-corrected chi connectivity index (χ2v) is 5.68. The number of nitrogens with zero attached hydrogens (tertiary/aromatic N) is 2. The summed E-state index contributed by atoms with van der Waals surface area (Å²) in [7, 11) is 3.77. The van der Waals surface area contributed by atoms with Crippen molar-refractivity contribution in [1.29, 1.82) is 0 Å². The average Bonchev–Trinajstić information content (AvgIpc) is 2.33. The van der Waals surface area contributed by atoms with E-state index < -0.39 is 12.0 Å². The first-order chi connectivity index (χ1) is 8.82. The summed E-state index contributed by atoms with van der Waals surface area (Å²) in [6, 6.07) is -0.988. The number of rotatable bonds is 4. The molecule has 0 bridgehead atoms. The highest BCUT2D eigenvalue weighted by Gasteiger charge is 2.29. The maximum absolute atomic E-state index is 12.1. The summed E-state index contributed by atoms with van der Waals surface area (Å²) in [5.41, 5.74) is 0. The number of carbonyl (C=O) groups excluding carboxylic acids is 1. The lowest BCUT2D eigenvalue weighted by Crippen LogP contribution is -2.54. The summed E-state index contributed by atoms with van der Waals surface area (Å²) in [6.45, 7) is 5.46. The van der Waals surface area contributed by atoms with E-state index in [0.29, 0.717) is 0 Å². The van der Waals surface area contributed by atoms with Crippen molar-refractivity contribution in [1.82, 2.24) is 15.1 Å². The number of likely N-dealkylation sites (N-methyl/N-ethyl adjacent to an activating group) is 2. The second kappa shape index (κ2) is 6.75. The minimum atomic E-state index is -0.988. The lowest BCUT2D eigenvalue weighted by atomic mass is 10.0. The number of aliphatic carboxylic acids is 1. The third-order valence-electron chi connectivity index (χ3n) is 3.68. The summed E-state index contributed by atoms with van der Waals surface area (Å²) in [4.78, 5) is 27.0. The molecule has 2 atom stereocenters. The number of hydrogen-bond donors (Lipinski definition) is 2. The fraction of sp³-hybridized carbons (Fsp3) is 0.846. The van der Waals surface area contributed by atoms with Gasteiger partial charge in [0.05, 0.1) is 0 Å². The van der Waals surface area contributed by atoms with Crippen LogP contribution in [0, 0.1) is 5.92 Å². The standard InChI is InChI=1S/C13H25N3O3/c1-9(2)11(12(17)18)14-13(19)16(4)10-6-5-7-15(3)8-10/h9-11H,5-8H2,1-4H3,(H,14,19)(H,17,18)/t10?,11-/m0/s1. The van der Waals surface area contributed by atoms with Gasteiger partial charge in [-0.3, -0.25) is 0 Å². The second-order valence-electron chi connectivity index (χ2n) is 5.68. The fourth-order valence-corrected chi connectivity index (χ4v) is 2.37. The van der Waals surface area contributed by atoms with Gasteiger partial charge in [-0.25, -0.2) is 9.59 Å². The van der Waals surface area contributed by atoms with E-state index in [2.05, 4.69) is 10.2 Å². The zero-order chi connectivity index (χ0) is 14.6. The van der Waals surface area contributed by atoms with E-state index in [-0.39, 0.29) is 18.0 Å². The smallest absolute Gasteiger partial charge is 0.326 e. The molecule has 1 unspecified atom stereocenters. The Balaban J connectivity index is 2.58. The minimum Gasteiger partial charge on any atom is -0.480 e. The Bertz CT molecular complexity index is 333. The number of urea groups is 1. The van der Waals surface area contributed by atoms with Gasteiger partial charge in [0, 0.05) is 19.6 Å². The largest absolute Gasteiger partial charge is 0.480 e. The molecule has 2 amide bonds. The Hall–Kier alpha value is -1.30. The van der Waals surface area contributed by atoms with E-state index in [1.807, 2.05) is 7.05 Å². The van der Waals surface area contributed by atoms with Crippen molar-refractivity contribution in [3.05, 3.63) is 0 Å². The Labute approximate surface area is 114 Å². The average molecular weight is 271 g/mol. The molecule has 0 spiro atoms. The van der Waals surface area contributed by atoms with Crippen molar-refractivity contribution in [2.24, 2.45) is 5.92 Å². The van der Waals surface area contributed by atoms with Gasteiger partial charge in [-0.1, -0.05) is 13.8 Å². The summed E-state index contributed by atoms with van der Waals surface area (Å²) in [5.74, 6) is -1.12. The van der Waals surface area contributed by atoms with Gasteiger partial charge in [0.15, 0.2) is 0 Å². The number of nitrogens with one attached hydrogen (secondary N) is 1. The minimum absolute atomic E-state index is 0.135. The quantitative estimate of drug-likeness (QED) is 0.794. The predicted octanol–water partition coefficient (Wildman–Crippen LogP) is 0.831. The predicted molar refractivity (Wildman–Crippen MR) is 73.1 cm³/mol. The van der Waals surface area contributed by atoms with Crippen molar-refractivity contribution in [3.63, 3.8) is 0 Å². The van der Waals surface area contributed by atoms with Crippen LogP contribution >= 0.6 is 0 Å². The molecular formula is C13H25N3O3. The number of amides is 2. The number of likely N-dealkylation sites (tertiary alicyclic amines) is 1. The van der Waals surface area contributed by atoms with Crippen LogP contribution in [0.3, 0.4) is 0 Å². The van der Waals surface area contributed by atoms with Gasteiger partial charge >= 0.3 is 12.0 Å². The lowest BCUT2D eigenvalue weighted by Gasteiger charge is -2.36. The van der Waals surface area contributed by atoms with Crippen LogP contribution in [0.25, 0.3) is 0 Å². The van der Waals surface area contributed by atoms with Crippen molar-refractivity contribution < 1.29 is 14.7 Å². The van der Waals surface area contributed by atoms with Crippen molar-refractivity contribution in [3.8, 4) is 0 Å². The van der Waals surface area contributed by atoms with Crippen LogP contribution in [0.4, 0.5) is 4.79 Å². The van der Waals surface area contributed by atoms with E-state index in [1.54, 1.807) is 25.8 Å². The normalized spacial score (nSPS) is 22.1. The van der Waals surface area contributed by atoms with Gasteiger partial charge in [0.2, 0.25) is 0 Å². The summed E-state index contributed by atoms with van der Waals surface area (Å²) in [5, 5.41) is 11.7. The third kappa shape index (κ3) is 4.38. The molecule has 0 saturated carbocycles. The van der Waals surface area contributed by atoms with Crippen LogP contribution in [0.15, 0.2) is 0 Å². The van der Waals surface area contributed by atoms with Gasteiger partial charge in [-0.15, -0.1) is 0 Å². The lowest BCUT2D eigenvalue weighted by molar-refractivity contribution is -0.140. The molecule has 1 saturated heterocycles. The van der Waals surface area contributed by atoms with E-state index in [4.69, 9.17) is 5.11 Å². The zero-order valence-electron chi connectivity index (χ0n) is 12.2. The van der Waals surface area contributed by atoms with Crippen LogP contribution in [0.5, 0.6) is 0 Å². The molecule has 0 radical (unpaired) electrons. The number of piperidine rings is 1. The Morgan fingerprint density at radius 2 is 2.05 bits per heavy atom. The third-order valence-corrected chi connectivity index (χ3v) is 3.68. The molecule has 1 heterocycles. The highest BCUT2D eigenvalue weighted by atomic mass is 16.4. The molecular weight excluding hydrogens is 246 g/mol. The molecule has 0 aromatic heterocycles. The Morgan fingerprint density at radius 3 is 2.53 bits per heavy atom. The summed E-state index contributed by atoms with van der Waals surface area (Å²) >= 11 is 0. The first-order valence-corrected chi connectivity index (χ1v) is 6.77. The van der Waals surface area contributed by atoms with E-state index in [1.165, 1.54) is 0 Å². The van der Waals surface area contributed by atoms with Crippen LogP contribution in [-0.4, -0.2) is 66.2 Å². The SMILES string of the molecule is CC(C)[C@H](NC(=O)N(C)C1CCCN(C)C1)C(=O)O. The molecule has 1 rings (SSSR count). The van der Waals surface area contributed by atoms with Crippen molar-refractivity contribution in [2.45, 2.75) is 38.8 Å². The molecule has 0 aliphatic carbocycles. The van der Waals surface area contributed by atoms with E-state index >= 15 is 0 Å². The van der Waals surface area contributed by atoms with Gasteiger partial charge < -0.3 is 20.2 Å². The molecule has 1 fully saturated rings.